The summed E-state index contributed by atoms with van der Waals surface area (Å²) in [6.07, 6.45) is 0. The molecule has 0 bridgehead atoms. The SMILES string of the molecule is CNCC1CN(c2ccccc2Br)C(=O)N1. The fourth-order valence-electron chi connectivity index (χ4n) is 1.84. The van der Waals surface area contributed by atoms with Gasteiger partial charge in [-0.05, 0) is 35.1 Å². The van der Waals surface area contributed by atoms with Crippen LogP contribution in [0.2, 0.25) is 0 Å². The van der Waals surface area contributed by atoms with E-state index in [9.17, 15) is 4.79 Å². The Morgan fingerprint density at radius 2 is 2.31 bits per heavy atom. The second kappa shape index (κ2) is 4.84. The number of hydrogen-bond acceptors (Lipinski definition) is 2. The lowest BCUT2D eigenvalue weighted by atomic mass is 10.2. The second-order valence-electron chi connectivity index (χ2n) is 3.77. The summed E-state index contributed by atoms with van der Waals surface area (Å²) in [7, 11) is 1.88. The smallest absolute Gasteiger partial charge is 0.322 e. The molecule has 1 unspecified atom stereocenters. The fourth-order valence-corrected chi connectivity index (χ4v) is 2.34. The number of nitrogens with zero attached hydrogens (tertiary/aromatic N) is 1. The van der Waals surface area contributed by atoms with Crippen LogP contribution in [0.1, 0.15) is 0 Å². The van der Waals surface area contributed by atoms with E-state index in [0.717, 1.165) is 16.7 Å². The van der Waals surface area contributed by atoms with Crippen LogP contribution in [0.5, 0.6) is 0 Å². The van der Waals surface area contributed by atoms with Crippen molar-refractivity contribution in [2.75, 3.05) is 25.0 Å². The summed E-state index contributed by atoms with van der Waals surface area (Å²) in [5, 5.41) is 6.00. The van der Waals surface area contributed by atoms with Gasteiger partial charge < -0.3 is 10.6 Å². The molecule has 16 heavy (non-hydrogen) atoms. The second-order valence-corrected chi connectivity index (χ2v) is 4.62. The maximum absolute atomic E-state index is 11.8. The standard InChI is InChI=1S/C11H14BrN3O/c1-13-6-8-7-15(11(16)14-8)10-5-3-2-4-9(10)12/h2-5,8,13H,6-7H2,1H3,(H,14,16). The third-order valence-corrected chi connectivity index (χ3v) is 3.24. The highest BCUT2D eigenvalue weighted by molar-refractivity contribution is 9.10. The zero-order valence-electron chi connectivity index (χ0n) is 9.03. The molecule has 0 saturated carbocycles. The van der Waals surface area contributed by atoms with Crippen molar-refractivity contribution in [3.05, 3.63) is 28.7 Å². The average Bonchev–Trinajstić information content (AvgIpc) is 2.61. The topological polar surface area (TPSA) is 44.4 Å². The number of para-hydroxylation sites is 1. The van der Waals surface area contributed by atoms with Crippen LogP contribution in [0.15, 0.2) is 28.7 Å². The average molecular weight is 284 g/mol. The van der Waals surface area contributed by atoms with Gasteiger partial charge in [0.1, 0.15) is 0 Å². The fraction of sp³-hybridized carbons (Fsp3) is 0.364. The third kappa shape index (κ3) is 2.20. The molecule has 0 radical (unpaired) electrons. The molecule has 1 aromatic rings. The van der Waals surface area contributed by atoms with Crippen LogP contribution >= 0.6 is 15.9 Å². The first-order valence-corrected chi connectivity index (χ1v) is 5.99. The van der Waals surface area contributed by atoms with E-state index in [1.807, 2.05) is 31.3 Å². The molecule has 1 fully saturated rings. The maximum atomic E-state index is 11.8. The number of nitrogens with one attached hydrogen (secondary N) is 2. The Hall–Kier alpha value is -1.07. The zero-order valence-corrected chi connectivity index (χ0v) is 10.6. The van der Waals surface area contributed by atoms with Crippen LogP contribution in [0.4, 0.5) is 10.5 Å². The van der Waals surface area contributed by atoms with Gasteiger partial charge in [-0.2, -0.15) is 0 Å². The van der Waals surface area contributed by atoms with Gasteiger partial charge in [-0.3, -0.25) is 4.90 Å². The molecule has 5 heteroatoms. The number of anilines is 1. The molecule has 2 amide bonds. The van der Waals surface area contributed by atoms with E-state index < -0.39 is 0 Å². The molecule has 2 N–H and O–H groups in total. The Kier molecular flexibility index (Phi) is 3.46. The van der Waals surface area contributed by atoms with Gasteiger partial charge in [-0.1, -0.05) is 12.1 Å². The minimum absolute atomic E-state index is 0.0350. The van der Waals surface area contributed by atoms with Crippen molar-refractivity contribution in [3.63, 3.8) is 0 Å². The minimum Gasteiger partial charge on any atom is -0.332 e. The molecule has 0 aromatic heterocycles. The highest BCUT2D eigenvalue weighted by atomic mass is 79.9. The van der Waals surface area contributed by atoms with Gasteiger partial charge >= 0.3 is 6.03 Å². The lowest BCUT2D eigenvalue weighted by Crippen LogP contribution is -2.35. The van der Waals surface area contributed by atoms with Crippen molar-refractivity contribution in [2.45, 2.75) is 6.04 Å². The lowest BCUT2D eigenvalue weighted by molar-refractivity contribution is 0.250. The zero-order chi connectivity index (χ0) is 11.5. The van der Waals surface area contributed by atoms with Gasteiger partial charge in [0.05, 0.1) is 11.7 Å². The van der Waals surface area contributed by atoms with Gasteiger partial charge in [-0.25, -0.2) is 4.79 Å². The van der Waals surface area contributed by atoms with Crippen molar-refractivity contribution >= 4 is 27.6 Å². The Morgan fingerprint density at radius 1 is 1.56 bits per heavy atom. The minimum atomic E-state index is -0.0350. The molecule has 2 rings (SSSR count). The summed E-state index contributed by atoms with van der Waals surface area (Å²) in [6.45, 7) is 1.48. The normalized spacial score (nSPS) is 20.0. The quantitative estimate of drug-likeness (QED) is 0.885. The highest BCUT2D eigenvalue weighted by Crippen LogP contribution is 2.27. The monoisotopic (exact) mass is 283 g/mol. The predicted octanol–water partition coefficient (Wildman–Crippen LogP) is 1.57. The number of halogens is 1. The Bertz CT molecular complexity index is 397. The Balaban J connectivity index is 2.17. The van der Waals surface area contributed by atoms with E-state index in [1.165, 1.54) is 0 Å². The number of carbonyl (C=O) groups is 1. The van der Waals surface area contributed by atoms with Crippen LogP contribution in [-0.2, 0) is 0 Å². The molecule has 1 atom stereocenters. The van der Waals surface area contributed by atoms with Gasteiger partial charge in [-0.15, -0.1) is 0 Å². The molecular formula is C11H14BrN3O. The number of hydrogen-bond donors (Lipinski definition) is 2. The highest BCUT2D eigenvalue weighted by Gasteiger charge is 2.29. The third-order valence-electron chi connectivity index (χ3n) is 2.57. The number of benzene rings is 1. The van der Waals surface area contributed by atoms with Crippen LogP contribution in [0, 0.1) is 0 Å². The molecule has 1 saturated heterocycles. The van der Waals surface area contributed by atoms with Crippen LogP contribution in [0.3, 0.4) is 0 Å². The first-order chi connectivity index (χ1) is 7.72. The number of urea groups is 1. The van der Waals surface area contributed by atoms with E-state index in [1.54, 1.807) is 4.90 Å². The summed E-state index contributed by atoms with van der Waals surface area (Å²) in [6, 6.07) is 7.88. The van der Waals surface area contributed by atoms with E-state index in [2.05, 4.69) is 26.6 Å². The molecule has 4 nitrogen and oxygen atoms in total. The predicted molar refractivity (Wildman–Crippen MR) is 67.7 cm³/mol. The van der Waals surface area contributed by atoms with Gasteiger partial charge in [0.15, 0.2) is 0 Å². The first kappa shape index (κ1) is 11.4. The van der Waals surface area contributed by atoms with Crippen molar-refractivity contribution in [1.29, 1.82) is 0 Å². The van der Waals surface area contributed by atoms with E-state index in [4.69, 9.17) is 0 Å². The molecule has 1 aliphatic heterocycles. The maximum Gasteiger partial charge on any atom is 0.322 e. The van der Waals surface area contributed by atoms with Gasteiger partial charge in [0, 0.05) is 17.6 Å². The molecule has 1 aliphatic rings. The number of rotatable bonds is 3. The molecule has 86 valence electrons. The molecule has 0 aliphatic carbocycles. The van der Waals surface area contributed by atoms with Crippen molar-refractivity contribution < 1.29 is 4.79 Å². The first-order valence-electron chi connectivity index (χ1n) is 5.19. The Morgan fingerprint density at radius 3 is 3.00 bits per heavy atom. The number of likely N-dealkylation sites (N-methyl/N-ethyl adjacent to an activating group) is 1. The molecule has 1 heterocycles. The summed E-state index contributed by atoms with van der Waals surface area (Å²) in [4.78, 5) is 13.5. The molecule has 0 spiro atoms. The number of amides is 2. The Labute approximate surface area is 103 Å². The largest absolute Gasteiger partial charge is 0.332 e. The molecular weight excluding hydrogens is 270 g/mol. The van der Waals surface area contributed by atoms with Crippen molar-refractivity contribution in [1.82, 2.24) is 10.6 Å². The lowest BCUT2D eigenvalue weighted by Gasteiger charge is -2.16. The van der Waals surface area contributed by atoms with Crippen molar-refractivity contribution in [2.24, 2.45) is 0 Å². The summed E-state index contributed by atoms with van der Waals surface area (Å²) < 4.78 is 0.940. The summed E-state index contributed by atoms with van der Waals surface area (Å²) in [5.41, 5.74) is 0.915. The molecule has 1 aromatic carbocycles. The van der Waals surface area contributed by atoms with Crippen LogP contribution < -0.4 is 15.5 Å². The van der Waals surface area contributed by atoms with Crippen molar-refractivity contribution in [3.8, 4) is 0 Å². The van der Waals surface area contributed by atoms with Gasteiger partial charge in [0.2, 0.25) is 0 Å². The number of carbonyl (C=O) groups excluding carboxylic acids is 1. The van der Waals surface area contributed by atoms with E-state index >= 15 is 0 Å². The van der Waals surface area contributed by atoms with Crippen LogP contribution in [-0.4, -0.2) is 32.2 Å². The van der Waals surface area contributed by atoms with Gasteiger partial charge in [0.25, 0.3) is 0 Å². The summed E-state index contributed by atoms with van der Waals surface area (Å²) in [5.74, 6) is 0. The van der Waals surface area contributed by atoms with Crippen LogP contribution in [0.25, 0.3) is 0 Å². The van der Waals surface area contributed by atoms with E-state index in [0.29, 0.717) is 6.54 Å². The van der Waals surface area contributed by atoms with E-state index in [-0.39, 0.29) is 12.1 Å². The summed E-state index contributed by atoms with van der Waals surface area (Å²) >= 11 is 3.46.